The maximum absolute atomic E-state index is 11.0. The van der Waals surface area contributed by atoms with Gasteiger partial charge in [0.1, 0.15) is 11.6 Å². The van der Waals surface area contributed by atoms with Gasteiger partial charge in [0.2, 0.25) is 5.82 Å². The number of aromatic nitrogens is 3. The number of nitriles is 1. The van der Waals surface area contributed by atoms with Gasteiger partial charge in [-0.1, -0.05) is 0 Å². The number of anilines is 2. The highest BCUT2D eigenvalue weighted by Crippen LogP contribution is 2.28. The predicted molar refractivity (Wildman–Crippen MR) is 62.2 cm³/mol. The second-order valence-corrected chi connectivity index (χ2v) is 3.46. The van der Waals surface area contributed by atoms with Crippen molar-refractivity contribution in [3.63, 3.8) is 0 Å². The molecule has 0 fully saturated rings. The highest BCUT2D eigenvalue weighted by Gasteiger charge is 2.21. The Balaban J connectivity index is 2.49. The van der Waals surface area contributed by atoms with Gasteiger partial charge in [-0.25, -0.2) is 4.98 Å². The lowest BCUT2D eigenvalue weighted by Crippen LogP contribution is -2.02. The van der Waals surface area contributed by atoms with Crippen LogP contribution in [0.1, 0.15) is 11.3 Å². The molecule has 18 heavy (non-hydrogen) atoms. The molecule has 90 valence electrons. The normalized spacial score (nSPS) is 9.78. The van der Waals surface area contributed by atoms with Crippen molar-refractivity contribution >= 4 is 17.2 Å². The van der Waals surface area contributed by atoms with Crippen LogP contribution in [0.4, 0.5) is 17.2 Å². The van der Waals surface area contributed by atoms with Crippen LogP contribution in [0.15, 0.2) is 18.5 Å². The van der Waals surface area contributed by atoms with Gasteiger partial charge in [-0.15, -0.1) is 0 Å². The summed E-state index contributed by atoms with van der Waals surface area (Å²) >= 11 is 0. The van der Waals surface area contributed by atoms with Gasteiger partial charge in [0.05, 0.1) is 22.5 Å². The summed E-state index contributed by atoms with van der Waals surface area (Å²) in [7, 11) is 0. The maximum atomic E-state index is 11.0. The third-order valence-corrected chi connectivity index (χ3v) is 2.31. The third-order valence-electron chi connectivity index (χ3n) is 2.31. The Morgan fingerprint density at radius 3 is 2.94 bits per heavy atom. The van der Waals surface area contributed by atoms with Gasteiger partial charge in [-0.05, 0) is 13.0 Å². The Kier molecular flexibility index (Phi) is 2.89. The first-order valence-electron chi connectivity index (χ1n) is 4.94. The van der Waals surface area contributed by atoms with Crippen molar-refractivity contribution in [3.8, 4) is 6.07 Å². The summed E-state index contributed by atoms with van der Waals surface area (Å²) in [6.07, 6.45) is 2.82. The number of hydrogen-bond donors (Lipinski definition) is 2. The van der Waals surface area contributed by atoms with Crippen LogP contribution in [0.5, 0.6) is 0 Å². The first-order chi connectivity index (χ1) is 8.63. The van der Waals surface area contributed by atoms with E-state index >= 15 is 0 Å². The summed E-state index contributed by atoms with van der Waals surface area (Å²) in [6.45, 7) is 1.76. The van der Waals surface area contributed by atoms with Crippen molar-refractivity contribution in [2.24, 2.45) is 0 Å². The molecule has 2 N–H and O–H groups in total. The quantitative estimate of drug-likeness (QED) is 0.625. The van der Waals surface area contributed by atoms with E-state index in [0.717, 1.165) is 0 Å². The number of rotatable bonds is 3. The molecule has 0 saturated carbocycles. The van der Waals surface area contributed by atoms with Gasteiger partial charge < -0.3 is 5.32 Å². The van der Waals surface area contributed by atoms with Crippen molar-refractivity contribution in [1.29, 1.82) is 5.26 Å². The molecule has 0 aliphatic carbocycles. The Morgan fingerprint density at radius 2 is 2.39 bits per heavy atom. The molecular weight excluding hydrogens is 236 g/mol. The molecule has 0 saturated heterocycles. The molecule has 8 nitrogen and oxygen atoms in total. The molecule has 0 aromatic carbocycles. The van der Waals surface area contributed by atoms with E-state index < -0.39 is 4.92 Å². The van der Waals surface area contributed by atoms with Gasteiger partial charge in [0.25, 0.3) is 0 Å². The van der Waals surface area contributed by atoms with E-state index in [9.17, 15) is 10.1 Å². The summed E-state index contributed by atoms with van der Waals surface area (Å²) in [5.41, 5.74) is 0.897. The zero-order chi connectivity index (χ0) is 13.1. The highest BCUT2D eigenvalue weighted by atomic mass is 16.6. The van der Waals surface area contributed by atoms with E-state index in [4.69, 9.17) is 5.26 Å². The van der Waals surface area contributed by atoms with E-state index in [1.165, 1.54) is 18.5 Å². The fourth-order valence-corrected chi connectivity index (χ4v) is 1.42. The Labute approximate surface area is 101 Å². The summed E-state index contributed by atoms with van der Waals surface area (Å²) in [4.78, 5) is 14.2. The minimum atomic E-state index is -0.636. The molecule has 0 aliphatic heterocycles. The fraction of sp³-hybridized carbons (Fsp3) is 0.100. The first kappa shape index (κ1) is 11.5. The fourth-order valence-electron chi connectivity index (χ4n) is 1.42. The van der Waals surface area contributed by atoms with Crippen molar-refractivity contribution in [2.75, 3.05) is 5.32 Å². The number of nitrogens with one attached hydrogen (secondary N) is 2. The van der Waals surface area contributed by atoms with E-state index in [-0.39, 0.29) is 17.1 Å². The van der Waals surface area contributed by atoms with Crippen LogP contribution >= 0.6 is 0 Å². The highest BCUT2D eigenvalue weighted by molar-refractivity contribution is 5.70. The minimum Gasteiger partial charge on any atom is -0.332 e. The lowest BCUT2D eigenvalue weighted by Gasteiger charge is -2.05. The molecule has 2 rings (SSSR count). The summed E-state index contributed by atoms with van der Waals surface area (Å²) in [5.74, 6) is 0.0172. The largest absolute Gasteiger partial charge is 0.332 e. The number of hydrogen-bond acceptors (Lipinski definition) is 6. The van der Waals surface area contributed by atoms with Gasteiger partial charge >= 0.3 is 5.69 Å². The molecule has 0 bridgehead atoms. The third kappa shape index (κ3) is 1.97. The SMILES string of the molecule is Cc1[nH]ncc1Nc1nccc(C#N)c1[N+](=O)[O-]. The van der Waals surface area contributed by atoms with Gasteiger partial charge in [0.15, 0.2) is 0 Å². The van der Waals surface area contributed by atoms with Crippen LogP contribution in [0.2, 0.25) is 0 Å². The van der Waals surface area contributed by atoms with Crippen LogP contribution in [-0.2, 0) is 0 Å². The Morgan fingerprint density at radius 1 is 1.61 bits per heavy atom. The average Bonchev–Trinajstić information content (AvgIpc) is 2.74. The molecule has 0 unspecified atom stereocenters. The smallest absolute Gasteiger partial charge is 0.329 e. The molecule has 2 heterocycles. The zero-order valence-corrected chi connectivity index (χ0v) is 9.34. The second kappa shape index (κ2) is 4.50. The Hall–Kier alpha value is -2.95. The summed E-state index contributed by atoms with van der Waals surface area (Å²) in [6, 6.07) is 3.06. The standard InChI is InChI=1S/C10H8N6O2/c1-6-8(5-13-15-6)14-10-9(16(17)18)7(4-11)2-3-12-10/h2-3,5H,1H3,(H,12,14)(H,13,15). The van der Waals surface area contributed by atoms with Crippen molar-refractivity contribution < 1.29 is 4.92 Å². The number of aromatic amines is 1. The monoisotopic (exact) mass is 244 g/mol. The van der Waals surface area contributed by atoms with E-state index in [0.29, 0.717) is 11.4 Å². The van der Waals surface area contributed by atoms with E-state index in [1.807, 2.05) is 0 Å². The number of pyridine rings is 1. The van der Waals surface area contributed by atoms with Gasteiger partial charge in [-0.2, -0.15) is 10.4 Å². The minimum absolute atomic E-state index is 0.0172. The van der Waals surface area contributed by atoms with E-state index in [1.54, 1.807) is 13.0 Å². The molecule has 2 aromatic heterocycles. The summed E-state index contributed by atoms with van der Waals surface area (Å²) < 4.78 is 0. The zero-order valence-electron chi connectivity index (χ0n) is 9.34. The number of H-pyrrole nitrogens is 1. The van der Waals surface area contributed by atoms with Gasteiger partial charge in [-0.3, -0.25) is 15.2 Å². The molecule has 0 radical (unpaired) electrons. The average molecular weight is 244 g/mol. The molecule has 0 amide bonds. The van der Waals surface area contributed by atoms with Crippen molar-refractivity contribution in [3.05, 3.63) is 39.8 Å². The van der Waals surface area contributed by atoms with E-state index in [2.05, 4.69) is 20.5 Å². The van der Waals surface area contributed by atoms with Crippen molar-refractivity contribution in [2.45, 2.75) is 6.92 Å². The molecule has 0 aliphatic rings. The van der Waals surface area contributed by atoms with Crippen LogP contribution in [0, 0.1) is 28.4 Å². The topological polar surface area (TPSA) is 121 Å². The molecule has 0 atom stereocenters. The molecular formula is C10H8N6O2. The van der Waals surface area contributed by atoms with Crippen LogP contribution in [0.25, 0.3) is 0 Å². The summed E-state index contributed by atoms with van der Waals surface area (Å²) in [5, 5.41) is 29.1. The van der Waals surface area contributed by atoms with Crippen molar-refractivity contribution in [1.82, 2.24) is 15.2 Å². The second-order valence-electron chi connectivity index (χ2n) is 3.46. The first-order valence-corrected chi connectivity index (χ1v) is 4.94. The number of nitro groups is 1. The van der Waals surface area contributed by atoms with Crippen LogP contribution < -0.4 is 5.32 Å². The lowest BCUT2D eigenvalue weighted by atomic mass is 10.2. The number of aryl methyl sites for hydroxylation is 1. The molecule has 2 aromatic rings. The molecule has 8 heteroatoms. The Bertz CT molecular complexity index is 642. The van der Waals surface area contributed by atoms with Gasteiger partial charge in [0, 0.05) is 6.20 Å². The predicted octanol–water partition coefficient (Wildman–Crippen LogP) is 1.64. The lowest BCUT2D eigenvalue weighted by molar-refractivity contribution is -0.384. The molecule has 0 spiro atoms. The van der Waals surface area contributed by atoms with Crippen LogP contribution in [0.3, 0.4) is 0 Å². The number of nitrogens with zero attached hydrogens (tertiary/aromatic N) is 4. The van der Waals surface area contributed by atoms with Crippen LogP contribution in [-0.4, -0.2) is 20.1 Å². The maximum Gasteiger partial charge on any atom is 0.329 e.